The highest BCUT2D eigenvalue weighted by Gasteiger charge is 2.23. The van der Waals surface area contributed by atoms with E-state index in [1.165, 1.54) is 23.1 Å². The number of benzene rings is 2. The number of hydrogen-bond acceptors (Lipinski definition) is 4. The normalized spacial score (nSPS) is 11.9. The average Bonchev–Trinajstić information content (AvgIpc) is 3.10. The fraction of sp³-hybridized carbons (Fsp3) is 0.125. The van der Waals surface area contributed by atoms with Gasteiger partial charge in [0.15, 0.2) is 0 Å². The minimum absolute atomic E-state index is 0.106. The first-order valence-corrected chi connectivity index (χ1v) is 7.95. The molecule has 1 atom stereocenters. The van der Waals surface area contributed by atoms with Gasteiger partial charge in [-0.05, 0) is 34.2 Å². The highest BCUT2D eigenvalue weighted by molar-refractivity contribution is 9.10. The van der Waals surface area contributed by atoms with E-state index in [9.17, 15) is 9.18 Å². The van der Waals surface area contributed by atoms with Crippen molar-refractivity contribution in [3.05, 3.63) is 70.7 Å². The molecule has 0 saturated heterocycles. The number of carbonyl (C=O) groups is 1. The molecule has 0 spiro atoms. The minimum Gasteiger partial charge on any atom is -0.322 e. The van der Waals surface area contributed by atoms with E-state index in [0.717, 1.165) is 5.56 Å². The van der Waals surface area contributed by atoms with Gasteiger partial charge >= 0.3 is 0 Å². The van der Waals surface area contributed by atoms with Crippen molar-refractivity contribution >= 4 is 27.5 Å². The van der Waals surface area contributed by atoms with Gasteiger partial charge in [-0.15, -0.1) is 5.10 Å². The third-order valence-electron chi connectivity index (χ3n) is 3.45. The zero-order valence-corrected chi connectivity index (χ0v) is 14.0. The molecule has 3 rings (SSSR count). The van der Waals surface area contributed by atoms with E-state index in [2.05, 4.69) is 36.8 Å². The monoisotopic (exact) mass is 389 g/mol. The molecule has 122 valence electrons. The first-order chi connectivity index (χ1) is 11.6. The first kappa shape index (κ1) is 16.3. The Morgan fingerprint density at radius 3 is 2.71 bits per heavy atom. The third-order valence-corrected chi connectivity index (χ3v) is 3.94. The van der Waals surface area contributed by atoms with Gasteiger partial charge in [0.25, 0.3) is 0 Å². The molecule has 0 bridgehead atoms. The maximum atomic E-state index is 14.0. The van der Waals surface area contributed by atoms with Gasteiger partial charge in [-0.3, -0.25) is 4.79 Å². The molecular weight excluding hydrogens is 377 g/mol. The molecule has 2 aromatic carbocycles. The van der Waals surface area contributed by atoms with E-state index < -0.39 is 17.8 Å². The van der Waals surface area contributed by atoms with Crippen LogP contribution in [0.5, 0.6) is 0 Å². The van der Waals surface area contributed by atoms with E-state index in [4.69, 9.17) is 0 Å². The molecule has 0 fully saturated rings. The fourth-order valence-corrected chi connectivity index (χ4v) is 2.59. The quantitative estimate of drug-likeness (QED) is 0.727. The summed E-state index contributed by atoms with van der Waals surface area (Å²) in [5, 5.41) is 13.6. The Morgan fingerprint density at radius 1 is 1.25 bits per heavy atom. The van der Waals surface area contributed by atoms with Crippen LogP contribution in [0.15, 0.2) is 59.3 Å². The molecule has 0 aliphatic carbocycles. The van der Waals surface area contributed by atoms with E-state index in [1.807, 2.05) is 30.3 Å². The van der Waals surface area contributed by atoms with Crippen molar-refractivity contribution < 1.29 is 9.18 Å². The van der Waals surface area contributed by atoms with Gasteiger partial charge in [0, 0.05) is 10.9 Å². The van der Waals surface area contributed by atoms with Gasteiger partial charge < -0.3 is 5.32 Å². The molecule has 0 saturated carbocycles. The van der Waals surface area contributed by atoms with Crippen LogP contribution in [-0.4, -0.2) is 26.1 Å². The van der Waals surface area contributed by atoms with Crippen LogP contribution >= 0.6 is 15.9 Å². The predicted octanol–water partition coefficient (Wildman–Crippen LogP) is 3.00. The van der Waals surface area contributed by atoms with Crippen molar-refractivity contribution in [1.82, 2.24) is 20.2 Å². The Kier molecular flexibility index (Phi) is 4.95. The molecule has 6 nitrogen and oxygen atoms in total. The van der Waals surface area contributed by atoms with Gasteiger partial charge in [0.1, 0.15) is 18.2 Å². The Balaban J connectivity index is 1.83. The number of rotatable bonds is 5. The maximum Gasteiger partial charge on any atom is 0.249 e. The Hall–Kier alpha value is -2.61. The van der Waals surface area contributed by atoms with Crippen LogP contribution in [-0.2, 0) is 11.2 Å². The predicted molar refractivity (Wildman–Crippen MR) is 89.7 cm³/mol. The highest BCUT2D eigenvalue weighted by Crippen LogP contribution is 2.21. The number of nitrogens with one attached hydrogen (secondary N) is 1. The number of tetrazole rings is 1. The summed E-state index contributed by atoms with van der Waals surface area (Å²) in [6, 6.07) is 13.2. The molecule has 0 aliphatic rings. The Labute approximate surface area is 145 Å². The van der Waals surface area contributed by atoms with Crippen LogP contribution < -0.4 is 5.32 Å². The largest absolute Gasteiger partial charge is 0.322 e. The lowest BCUT2D eigenvalue weighted by molar-refractivity contribution is -0.119. The summed E-state index contributed by atoms with van der Waals surface area (Å²) >= 11 is 3.18. The minimum atomic E-state index is -0.689. The van der Waals surface area contributed by atoms with Crippen LogP contribution in [0.1, 0.15) is 11.6 Å². The Bertz CT molecular complexity index is 826. The van der Waals surface area contributed by atoms with Crippen LogP contribution in [0.25, 0.3) is 0 Å². The lowest BCUT2D eigenvalue weighted by atomic mass is 10.1. The summed E-state index contributed by atoms with van der Waals surface area (Å²) in [5.41, 5.74) is 1.05. The van der Waals surface area contributed by atoms with Gasteiger partial charge in [0.2, 0.25) is 5.91 Å². The van der Waals surface area contributed by atoms with E-state index >= 15 is 0 Å². The number of halogens is 2. The molecule has 0 radical (unpaired) electrons. The van der Waals surface area contributed by atoms with Crippen molar-refractivity contribution in [3.8, 4) is 0 Å². The van der Waals surface area contributed by atoms with E-state index in [1.54, 1.807) is 6.07 Å². The van der Waals surface area contributed by atoms with Crippen molar-refractivity contribution in [2.75, 3.05) is 5.32 Å². The lowest BCUT2D eigenvalue weighted by Gasteiger charge is -2.16. The zero-order valence-electron chi connectivity index (χ0n) is 12.4. The molecular formula is C16H13BrFN5O. The van der Waals surface area contributed by atoms with Crippen LogP contribution in [0.4, 0.5) is 10.1 Å². The van der Waals surface area contributed by atoms with Crippen LogP contribution in [0.2, 0.25) is 0 Å². The average molecular weight is 390 g/mol. The number of hydrogen-bond donors (Lipinski definition) is 1. The molecule has 1 heterocycles. The maximum absolute atomic E-state index is 14.0. The van der Waals surface area contributed by atoms with Crippen molar-refractivity contribution in [3.63, 3.8) is 0 Å². The number of nitrogens with zero attached hydrogens (tertiary/aromatic N) is 4. The van der Waals surface area contributed by atoms with Crippen molar-refractivity contribution in [2.24, 2.45) is 0 Å². The molecule has 1 aromatic heterocycles. The van der Waals surface area contributed by atoms with Gasteiger partial charge in [-0.25, -0.2) is 9.07 Å². The topological polar surface area (TPSA) is 72.7 Å². The van der Waals surface area contributed by atoms with E-state index in [-0.39, 0.29) is 5.69 Å². The Morgan fingerprint density at radius 2 is 2.04 bits per heavy atom. The number of anilines is 1. The molecule has 24 heavy (non-hydrogen) atoms. The number of amides is 1. The van der Waals surface area contributed by atoms with Crippen LogP contribution in [0, 0.1) is 5.82 Å². The second-order valence-electron chi connectivity index (χ2n) is 5.11. The summed E-state index contributed by atoms with van der Waals surface area (Å²) in [5.74, 6) is -0.916. The molecule has 8 heteroatoms. The van der Waals surface area contributed by atoms with Crippen molar-refractivity contribution in [1.29, 1.82) is 0 Å². The lowest BCUT2D eigenvalue weighted by Crippen LogP contribution is -2.28. The smallest absolute Gasteiger partial charge is 0.249 e. The van der Waals surface area contributed by atoms with Gasteiger partial charge in [0.05, 0.1) is 5.69 Å². The van der Waals surface area contributed by atoms with Crippen LogP contribution in [0.3, 0.4) is 0 Å². The molecule has 0 aliphatic heterocycles. The molecule has 1 N–H and O–H groups in total. The summed E-state index contributed by atoms with van der Waals surface area (Å²) in [6.45, 7) is 0. The SMILES string of the molecule is O=C(Nc1ccc(Br)cc1F)C(Cc1ccccc1)n1cnnn1. The fourth-order valence-electron chi connectivity index (χ4n) is 2.26. The van der Waals surface area contributed by atoms with E-state index in [0.29, 0.717) is 10.9 Å². The van der Waals surface area contributed by atoms with Gasteiger partial charge in [-0.1, -0.05) is 46.3 Å². The number of aromatic nitrogens is 4. The molecule has 1 amide bonds. The first-order valence-electron chi connectivity index (χ1n) is 7.16. The van der Waals surface area contributed by atoms with Gasteiger partial charge in [-0.2, -0.15) is 0 Å². The standard InChI is InChI=1S/C16H13BrFN5O/c17-12-6-7-14(13(18)9-12)20-16(24)15(23-10-19-21-22-23)8-11-4-2-1-3-5-11/h1-7,9-10,15H,8H2,(H,20,24). The zero-order chi connectivity index (χ0) is 16.9. The van der Waals surface area contributed by atoms with Crippen molar-refractivity contribution in [2.45, 2.75) is 12.5 Å². The molecule has 3 aromatic rings. The third kappa shape index (κ3) is 3.83. The number of carbonyl (C=O) groups excluding carboxylic acids is 1. The highest BCUT2D eigenvalue weighted by atomic mass is 79.9. The summed E-state index contributed by atoms with van der Waals surface area (Å²) < 4.78 is 15.9. The second kappa shape index (κ2) is 7.31. The second-order valence-corrected chi connectivity index (χ2v) is 6.02. The molecule has 1 unspecified atom stereocenters. The summed E-state index contributed by atoms with van der Waals surface area (Å²) in [6.07, 6.45) is 1.75. The summed E-state index contributed by atoms with van der Waals surface area (Å²) in [4.78, 5) is 12.6. The summed E-state index contributed by atoms with van der Waals surface area (Å²) in [7, 11) is 0.